The monoisotopic (exact) mass is 369 g/mol. The largest absolute Gasteiger partial charge is 0.471 e. The zero-order valence-electron chi connectivity index (χ0n) is 14.3. The van der Waals surface area contributed by atoms with E-state index < -0.39 is 30.1 Å². The third-order valence-electron chi connectivity index (χ3n) is 4.92. The molecule has 5 nitrogen and oxygen atoms in total. The molecule has 0 aromatic carbocycles. The Kier molecular flexibility index (Phi) is 5.48. The molecule has 1 heterocycles. The van der Waals surface area contributed by atoms with Crippen LogP contribution in [0.2, 0.25) is 0 Å². The van der Waals surface area contributed by atoms with Gasteiger partial charge in [-0.1, -0.05) is 19.3 Å². The van der Waals surface area contributed by atoms with E-state index in [4.69, 9.17) is 0 Å². The molecule has 0 unspecified atom stereocenters. The lowest BCUT2D eigenvalue weighted by Crippen LogP contribution is -2.51. The summed E-state index contributed by atoms with van der Waals surface area (Å²) >= 11 is 0. The topological polar surface area (TPSA) is 62.3 Å². The molecule has 2 amide bonds. The SMILES string of the molecule is O=C(NC1CCCCC1)[C@H](c1ccncc1)N(C(=O)C(F)(F)F)C1CC1. The van der Waals surface area contributed by atoms with Crippen molar-refractivity contribution in [2.45, 2.75) is 69.2 Å². The molecule has 0 bridgehead atoms. The van der Waals surface area contributed by atoms with Crippen molar-refractivity contribution in [2.75, 3.05) is 0 Å². The Hall–Kier alpha value is -2.12. The minimum Gasteiger partial charge on any atom is -0.351 e. The van der Waals surface area contributed by atoms with Crippen LogP contribution in [0.5, 0.6) is 0 Å². The summed E-state index contributed by atoms with van der Waals surface area (Å²) in [6.45, 7) is 0. The summed E-state index contributed by atoms with van der Waals surface area (Å²) in [6, 6.07) is 1.08. The van der Waals surface area contributed by atoms with Crippen molar-refractivity contribution < 1.29 is 22.8 Å². The lowest BCUT2D eigenvalue weighted by Gasteiger charge is -2.33. The van der Waals surface area contributed by atoms with Gasteiger partial charge in [-0.25, -0.2) is 0 Å². The Morgan fingerprint density at radius 2 is 1.69 bits per heavy atom. The quantitative estimate of drug-likeness (QED) is 0.867. The molecule has 3 rings (SSSR count). The third-order valence-corrected chi connectivity index (χ3v) is 4.92. The van der Waals surface area contributed by atoms with E-state index in [9.17, 15) is 22.8 Å². The fraction of sp³-hybridized carbons (Fsp3) is 0.611. The molecule has 1 atom stereocenters. The summed E-state index contributed by atoms with van der Waals surface area (Å²) in [7, 11) is 0. The molecule has 1 N–H and O–H groups in total. The molecular formula is C18H22F3N3O2. The van der Waals surface area contributed by atoms with Gasteiger partial charge >= 0.3 is 12.1 Å². The summed E-state index contributed by atoms with van der Waals surface area (Å²) in [4.78, 5) is 29.6. The summed E-state index contributed by atoms with van der Waals surface area (Å²) in [5.74, 6) is -2.51. The van der Waals surface area contributed by atoms with Crippen molar-refractivity contribution >= 4 is 11.8 Å². The lowest BCUT2D eigenvalue weighted by molar-refractivity contribution is -0.189. The first-order valence-electron chi connectivity index (χ1n) is 8.97. The van der Waals surface area contributed by atoms with Crippen LogP contribution in [0.15, 0.2) is 24.5 Å². The number of rotatable bonds is 5. The molecule has 1 aromatic heterocycles. The van der Waals surface area contributed by atoms with Gasteiger partial charge in [0.2, 0.25) is 5.91 Å². The molecule has 8 heteroatoms. The van der Waals surface area contributed by atoms with E-state index in [0.717, 1.165) is 32.1 Å². The van der Waals surface area contributed by atoms with Gasteiger partial charge in [0.05, 0.1) is 0 Å². The van der Waals surface area contributed by atoms with Gasteiger partial charge < -0.3 is 10.2 Å². The molecule has 0 aliphatic heterocycles. The highest BCUT2D eigenvalue weighted by Crippen LogP contribution is 2.38. The number of hydrogen-bond donors (Lipinski definition) is 1. The molecule has 1 aromatic rings. The van der Waals surface area contributed by atoms with Crippen molar-refractivity contribution in [3.63, 3.8) is 0 Å². The zero-order valence-corrected chi connectivity index (χ0v) is 14.3. The second-order valence-electron chi connectivity index (χ2n) is 6.97. The average Bonchev–Trinajstić information content (AvgIpc) is 3.44. The Balaban J connectivity index is 1.89. The molecule has 0 radical (unpaired) electrons. The first-order chi connectivity index (χ1) is 12.4. The molecule has 2 aliphatic rings. The number of amides is 2. The molecule has 2 fully saturated rings. The lowest BCUT2D eigenvalue weighted by atomic mass is 9.94. The maximum atomic E-state index is 13.2. The maximum absolute atomic E-state index is 13.2. The van der Waals surface area contributed by atoms with Crippen LogP contribution in [0.4, 0.5) is 13.2 Å². The van der Waals surface area contributed by atoms with Gasteiger partial charge in [0, 0.05) is 24.5 Å². The second kappa shape index (κ2) is 7.63. The van der Waals surface area contributed by atoms with Crippen molar-refractivity contribution in [1.82, 2.24) is 15.2 Å². The molecule has 0 saturated heterocycles. The van der Waals surface area contributed by atoms with Crippen LogP contribution in [0, 0.1) is 0 Å². The van der Waals surface area contributed by atoms with Crippen molar-refractivity contribution in [3.8, 4) is 0 Å². The number of carbonyl (C=O) groups is 2. The predicted molar refractivity (Wildman–Crippen MR) is 87.9 cm³/mol. The first kappa shape index (κ1) is 18.7. The molecular weight excluding hydrogens is 347 g/mol. The van der Waals surface area contributed by atoms with Gasteiger partial charge in [-0.05, 0) is 43.4 Å². The van der Waals surface area contributed by atoms with E-state index in [1.165, 1.54) is 24.5 Å². The van der Waals surface area contributed by atoms with Crippen LogP contribution in [0.3, 0.4) is 0 Å². The zero-order chi connectivity index (χ0) is 18.7. The third kappa shape index (κ3) is 4.34. The number of carbonyl (C=O) groups excluding carboxylic acids is 2. The highest BCUT2D eigenvalue weighted by atomic mass is 19.4. The normalized spacial score (nSPS) is 19.7. The first-order valence-corrected chi connectivity index (χ1v) is 8.97. The van der Waals surface area contributed by atoms with Crippen LogP contribution in [-0.4, -0.2) is 40.0 Å². The van der Waals surface area contributed by atoms with E-state index >= 15 is 0 Å². The second-order valence-corrected chi connectivity index (χ2v) is 6.97. The molecule has 142 valence electrons. The number of alkyl halides is 3. The van der Waals surface area contributed by atoms with Crippen molar-refractivity contribution in [2.24, 2.45) is 0 Å². The van der Waals surface area contributed by atoms with Crippen LogP contribution >= 0.6 is 0 Å². The number of pyridine rings is 1. The van der Waals surface area contributed by atoms with Crippen molar-refractivity contribution in [3.05, 3.63) is 30.1 Å². The van der Waals surface area contributed by atoms with Crippen LogP contribution in [-0.2, 0) is 9.59 Å². The van der Waals surface area contributed by atoms with E-state index in [1.54, 1.807) is 0 Å². The summed E-state index contributed by atoms with van der Waals surface area (Å²) in [6.07, 6.45) is 3.45. The van der Waals surface area contributed by atoms with Crippen LogP contribution < -0.4 is 5.32 Å². The van der Waals surface area contributed by atoms with E-state index in [-0.39, 0.29) is 6.04 Å². The molecule has 2 saturated carbocycles. The van der Waals surface area contributed by atoms with Crippen molar-refractivity contribution in [1.29, 1.82) is 0 Å². The van der Waals surface area contributed by atoms with Gasteiger partial charge in [0.15, 0.2) is 0 Å². The standard InChI is InChI=1S/C18H22F3N3O2/c19-18(20,21)17(26)24(14-6-7-14)15(12-8-10-22-11-9-12)16(25)23-13-4-2-1-3-5-13/h8-11,13-15H,1-7H2,(H,23,25)/t15-/m0/s1. The van der Waals surface area contributed by atoms with Gasteiger partial charge in [0.25, 0.3) is 0 Å². The highest BCUT2D eigenvalue weighted by Gasteiger charge is 2.51. The van der Waals surface area contributed by atoms with Gasteiger partial charge in [-0.2, -0.15) is 13.2 Å². The summed E-state index contributed by atoms with van der Waals surface area (Å²) < 4.78 is 39.5. The number of halogens is 3. The Labute approximate surface area is 150 Å². The van der Waals surface area contributed by atoms with Gasteiger partial charge in [0.1, 0.15) is 6.04 Å². The van der Waals surface area contributed by atoms with Crippen LogP contribution in [0.25, 0.3) is 0 Å². The average molecular weight is 369 g/mol. The van der Waals surface area contributed by atoms with E-state index in [0.29, 0.717) is 23.3 Å². The van der Waals surface area contributed by atoms with Gasteiger partial charge in [-0.15, -0.1) is 0 Å². The predicted octanol–water partition coefficient (Wildman–Crippen LogP) is 3.12. The Morgan fingerprint density at radius 1 is 1.08 bits per heavy atom. The molecule has 26 heavy (non-hydrogen) atoms. The number of nitrogens with one attached hydrogen (secondary N) is 1. The highest BCUT2D eigenvalue weighted by molar-refractivity contribution is 5.91. The fourth-order valence-electron chi connectivity index (χ4n) is 3.50. The molecule has 2 aliphatic carbocycles. The van der Waals surface area contributed by atoms with Crippen LogP contribution in [0.1, 0.15) is 56.6 Å². The Morgan fingerprint density at radius 3 is 2.23 bits per heavy atom. The summed E-state index contributed by atoms with van der Waals surface area (Å²) in [5.41, 5.74) is 0.345. The molecule has 0 spiro atoms. The number of nitrogens with zero attached hydrogens (tertiary/aromatic N) is 2. The maximum Gasteiger partial charge on any atom is 0.471 e. The minimum atomic E-state index is -5.01. The Bertz CT molecular complexity index is 641. The van der Waals surface area contributed by atoms with E-state index in [1.807, 2.05) is 0 Å². The van der Waals surface area contributed by atoms with Gasteiger partial charge in [-0.3, -0.25) is 14.6 Å². The van der Waals surface area contributed by atoms with E-state index in [2.05, 4.69) is 10.3 Å². The summed E-state index contributed by atoms with van der Waals surface area (Å²) in [5, 5.41) is 2.87. The smallest absolute Gasteiger partial charge is 0.351 e. The number of aromatic nitrogens is 1. The minimum absolute atomic E-state index is 0.0531. The fourth-order valence-corrected chi connectivity index (χ4v) is 3.50. The number of hydrogen-bond acceptors (Lipinski definition) is 3.